The second-order valence-corrected chi connectivity index (χ2v) is 22.4. The van der Waals surface area contributed by atoms with E-state index in [1.807, 2.05) is 12.1 Å². The van der Waals surface area contributed by atoms with E-state index in [1.54, 1.807) is 66.7 Å². The first kappa shape index (κ1) is 58.9. The Hall–Kier alpha value is -8.78. The molecule has 2 unspecified atom stereocenters. The number of aromatic nitrogens is 1. The third-order valence-corrected chi connectivity index (χ3v) is 16.3. The van der Waals surface area contributed by atoms with Crippen LogP contribution in [-0.4, -0.2) is 133 Å². The number of nitrogens with one attached hydrogen (secondary N) is 5. The molecule has 4 aromatic carbocycles. The van der Waals surface area contributed by atoms with Crippen molar-refractivity contribution in [3.8, 4) is 11.8 Å². The molecule has 3 fully saturated rings. The Morgan fingerprint density at radius 3 is 2.27 bits per heavy atom. The molecule has 3 saturated heterocycles. The Labute approximate surface area is 474 Å². The molecule has 9 amide bonds. The van der Waals surface area contributed by atoms with Crippen molar-refractivity contribution in [3.05, 3.63) is 142 Å². The highest BCUT2D eigenvalue weighted by molar-refractivity contribution is 7.52. The van der Waals surface area contributed by atoms with Crippen molar-refractivity contribution in [3.63, 3.8) is 0 Å². The van der Waals surface area contributed by atoms with Crippen LogP contribution in [0.2, 0.25) is 0 Å². The lowest BCUT2D eigenvalue weighted by Gasteiger charge is -2.39. The number of carbonyl (C=O) groups excluding carboxylic acids is 9. The molecule has 5 heterocycles. The fraction of sp³-hybridized carbons (Fsp3) is 0.362. The summed E-state index contributed by atoms with van der Waals surface area (Å²) >= 11 is 0. The van der Waals surface area contributed by atoms with Crippen LogP contribution in [0.5, 0.6) is 0 Å². The van der Waals surface area contributed by atoms with Crippen LogP contribution in [0.25, 0.3) is 10.9 Å². The molecular weight excluding hydrogens is 1100 g/mol. The second-order valence-electron chi connectivity index (χ2n) is 20.8. The van der Waals surface area contributed by atoms with Gasteiger partial charge in [-0.15, -0.1) is 0 Å². The summed E-state index contributed by atoms with van der Waals surface area (Å²) in [6.45, 7) is -0.750. The molecule has 5 atom stereocenters. The van der Waals surface area contributed by atoms with E-state index in [0.717, 1.165) is 24.3 Å². The zero-order valence-electron chi connectivity index (χ0n) is 44.7. The summed E-state index contributed by atoms with van der Waals surface area (Å²) in [7, 11) is -5.94. The molecule has 9 N–H and O–H groups in total. The van der Waals surface area contributed by atoms with Crippen molar-refractivity contribution < 1.29 is 71.0 Å². The number of nitrogens with zero attached hydrogens (tertiary/aromatic N) is 3. The van der Waals surface area contributed by atoms with Gasteiger partial charge < -0.3 is 55.9 Å². The SMILES string of the molecule is NC(=O)OCC(NC(=O)[C@@H]1CC[C@@H]2CCN(C(=O)CCCCCC#Cc3cccc4c3CN(C3CCC(=O)NC3=O)C4=O)C[C@H](NC(=O)c3cc4cc(C(F)(F)P(=O)(O)O)ccc4[nH]3)C(=O)N21)C(=O)NC(c1ccccc1)c1ccccc1. The van der Waals surface area contributed by atoms with Gasteiger partial charge >= 0.3 is 19.4 Å². The van der Waals surface area contributed by atoms with E-state index in [9.17, 15) is 61.5 Å². The Balaban J connectivity index is 0.888. The van der Waals surface area contributed by atoms with Crippen LogP contribution in [-0.2, 0) is 50.3 Å². The number of imide groups is 1. The van der Waals surface area contributed by atoms with Gasteiger partial charge in [-0.05, 0) is 85.5 Å². The molecule has 4 aliphatic heterocycles. The average Bonchev–Trinajstić information content (AvgIpc) is 4.43. The van der Waals surface area contributed by atoms with E-state index in [4.69, 9.17) is 10.5 Å². The normalized spacial score (nSPS) is 19.4. The predicted octanol–water partition coefficient (Wildman–Crippen LogP) is 4.33. The average molecular weight is 1160 g/mol. The van der Waals surface area contributed by atoms with Gasteiger partial charge in [0.2, 0.25) is 35.4 Å². The number of hydrogen-bond donors (Lipinski definition) is 8. The molecule has 0 saturated carbocycles. The number of piperidine rings is 1. The Morgan fingerprint density at radius 2 is 1.58 bits per heavy atom. The number of halogens is 2. The Kier molecular flexibility index (Phi) is 17.8. The first-order chi connectivity index (χ1) is 39.7. The van der Waals surface area contributed by atoms with Gasteiger partial charge in [0, 0.05) is 72.5 Å². The maximum atomic E-state index is 15.0. The van der Waals surface area contributed by atoms with Gasteiger partial charge in [-0.25, -0.2) is 4.79 Å². The number of primary amides is 1. The van der Waals surface area contributed by atoms with Crippen LogP contribution in [0.1, 0.15) is 119 Å². The van der Waals surface area contributed by atoms with Gasteiger partial charge in [0.25, 0.3) is 11.8 Å². The molecule has 5 aromatic rings. The Morgan fingerprint density at radius 1 is 0.855 bits per heavy atom. The first-order valence-corrected chi connectivity index (χ1v) is 28.7. The summed E-state index contributed by atoms with van der Waals surface area (Å²) in [6.07, 6.45) is 1.87. The highest BCUT2D eigenvalue weighted by atomic mass is 31.2. The minimum atomic E-state index is -5.94. The van der Waals surface area contributed by atoms with E-state index in [1.165, 1.54) is 14.7 Å². The number of benzene rings is 4. The van der Waals surface area contributed by atoms with Crippen LogP contribution >= 0.6 is 7.60 Å². The number of amides is 9. The van der Waals surface area contributed by atoms with Crippen molar-refractivity contribution in [1.82, 2.24) is 41.0 Å². The largest absolute Gasteiger partial charge is 0.447 e. The van der Waals surface area contributed by atoms with E-state index < -0.39 is 97.3 Å². The van der Waals surface area contributed by atoms with Crippen molar-refractivity contribution in [2.45, 2.75) is 113 Å². The molecule has 83 heavy (non-hydrogen) atoms. The number of unbranched alkanes of at least 4 members (excludes halogenated alkanes) is 3. The van der Waals surface area contributed by atoms with Crippen LogP contribution < -0.4 is 27.0 Å². The number of ether oxygens (including phenoxy) is 1. The van der Waals surface area contributed by atoms with Crippen molar-refractivity contribution in [2.75, 3.05) is 19.7 Å². The number of aromatic amines is 1. The third kappa shape index (κ3) is 13.3. The summed E-state index contributed by atoms with van der Waals surface area (Å²) in [5.41, 5.74) is 2.85. The minimum absolute atomic E-state index is 0.0138. The zero-order valence-corrected chi connectivity index (χ0v) is 45.6. The van der Waals surface area contributed by atoms with Gasteiger partial charge in [0.15, 0.2) is 0 Å². The van der Waals surface area contributed by atoms with Crippen LogP contribution in [0.3, 0.4) is 0 Å². The lowest BCUT2D eigenvalue weighted by molar-refractivity contribution is -0.146. The molecule has 1 aromatic heterocycles. The topological polar surface area (TPSA) is 320 Å². The molecule has 0 bridgehead atoms. The molecule has 0 aliphatic carbocycles. The molecule has 22 nitrogen and oxygen atoms in total. The smallest absolute Gasteiger partial charge is 0.404 e. The van der Waals surface area contributed by atoms with Crippen LogP contribution in [0, 0.1) is 11.8 Å². The van der Waals surface area contributed by atoms with E-state index in [0.29, 0.717) is 53.5 Å². The predicted molar refractivity (Wildman–Crippen MR) is 293 cm³/mol. The summed E-state index contributed by atoms with van der Waals surface area (Å²) in [4.78, 5) is 147. The minimum Gasteiger partial charge on any atom is -0.447 e. The molecule has 0 spiro atoms. The molecule has 9 rings (SSSR count). The number of nitrogens with two attached hydrogens (primary N) is 1. The maximum Gasteiger partial charge on any atom is 0.404 e. The molecular formula is C58H60F2N9O13P. The van der Waals surface area contributed by atoms with E-state index >= 15 is 4.79 Å². The van der Waals surface area contributed by atoms with Gasteiger partial charge in [0.05, 0.1) is 6.04 Å². The highest BCUT2D eigenvalue weighted by Gasteiger charge is 2.51. The van der Waals surface area contributed by atoms with Gasteiger partial charge in [-0.2, -0.15) is 8.78 Å². The fourth-order valence-corrected chi connectivity index (χ4v) is 11.5. The number of H-pyrrole nitrogens is 1. The summed E-state index contributed by atoms with van der Waals surface area (Å²) in [5.74, 6) is 1.56. The Bertz CT molecular complexity index is 3440. The summed E-state index contributed by atoms with van der Waals surface area (Å²) in [6, 6.07) is 20.7. The first-order valence-electron chi connectivity index (χ1n) is 27.0. The van der Waals surface area contributed by atoms with Crippen molar-refractivity contribution in [1.29, 1.82) is 0 Å². The van der Waals surface area contributed by atoms with Gasteiger partial charge in [0.1, 0.15) is 36.5 Å². The quantitative estimate of drug-likeness (QED) is 0.0263. The van der Waals surface area contributed by atoms with E-state index in [-0.39, 0.29) is 92.5 Å². The number of hydrogen-bond acceptors (Lipinski definition) is 11. The standard InChI is InChI=1S/C58H60F2N9O13P/c59-58(60,83(79,80)81)38-21-23-42-37(29-38)30-43(62-42)51(72)63-44-32-67(49(71)20-11-3-1-2-6-13-34-18-12-19-40-41(34)31-68(55(40)76)46-25-26-48(70)65-53(46)74)28-27-39-22-24-47(69(39)56(44)77)54(75)64-45(33-82-57(61)78)52(73)66-50(35-14-7-4-8-15-35)36-16-9-5-10-17-36/h4-5,7-10,12,14-19,21,23,29-30,39,44-47,50,62H,1-3,11,20,22,24-28,31-33H2,(H2,61,78)(H,63,72)(H,64,75)(H,66,73)(H,65,70,74)(H2,79,80,81)/t39-,44+,45?,46?,47+/m1/s1. The number of rotatable bonds is 18. The zero-order chi connectivity index (χ0) is 59.2. The lowest BCUT2D eigenvalue weighted by Crippen LogP contribution is -2.62. The highest BCUT2D eigenvalue weighted by Crippen LogP contribution is 2.59. The fourth-order valence-electron chi connectivity index (χ4n) is 11.0. The van der Waals surface area contributed by atoms with Crippen LogP contribution in [0.15, 0.2) is 103 Å². The third-order valence-electron chi connectivity index (χ3n) is 15.3. The second kappa shape index (κ2) is 25.2. The van der Waals surface area contributed by atoms with Crippen molar-refractivity contribution in [2.24, 2.45) is 5.73 Å². The molecule has 0 radical (unpaired) electrons. The summed E-state index contributed by atoms with van der Waals surface area (Å²) < 4.78 is 46.2. The molecule has 25 heteroatoms. The summed E-state index contributed by atoms with van der Waals surface area (Å²) in [5, 5.41) is 10.5. The molecule has 434 valence electrons. The molecule has 4 aliphatic rings. The van der Waals surface area contributed by atoms with Crippen LogP contribution in [0.4, 0.5) is 13.6 Å². The number of alkyl halides is 2. The van der Waals surface area contributed by atoms with Gasteiger partial charge in [-0.3, -0.25) is 48.2 Å². The number of fused-ring (bicyclic) bond motifs is 3. The number of carbonyl (C=O) groups is 9. The lowest BCUT2D eigenvalue weighted by atomic mass is 9.98. The van der Waals surface area contributed by atoms with Crippen molar-refractivity contribution >= 4 is 71.8 Å². The van der Waals surface area contributed by atoms with Gasteiger partial charge in [-0.1, -0.05) is 91.1 Å². The maximum absolute atomic E-state index is 15.0. The monoisotopic (exact) mass is 1160 g/mol. The van der Waals surface area contributed by atoms with E-state index in [2.05, 4.69) is 38.1 Å².